The second-order valence-corrected chi connectivity index (χ2v) is 10.8. The number of carbonyl (C=O) groups excluding carboxylic acids is 1. The van der Waals surface area contributed by atoms with E-state index < -0.39 is 9.84 Å². The van der Waals surface area contributed by atoms with Gasteiger partial charge in [-0.1, -0.05) is 26.0 Å². The van der Waals surface area contributed by atoms with Gasteiger partial charge in [0.1, 0.15) is 11.4 Å². The number of nitrogens with two attached hydrogens (primary N) is 1. The molecule has 1 aromatic heterocycles. The first-order valence-electron chi connectivity index (χ1n) is 10.7. The van der Waals surface area contributed by atoms with Crippen LogP contribution in [0.5, 0.6) is 5.75 Å². The average Bonchev–Trinajstić information content (AvgIpc) is 3.21. The van der Waals surface area contributed by atoms with Crippen LogP contribution in [0.3, 0.4) is 0 Å². The number of hydrogen-bond donors (Lipinski definition) is 1. The van der Waals surface area contributed by atoms with E-state index in [9.17, 15) is 13.2 Å². The fourth-order valence-corrected chi connectivity index (χ4v) is 4.87. The normalized spacial score (nSPS) is 14.3. The van der Waals surface area contributed by atoms with E-state index in [2.05, 4.69) is 18.9 Å². The quantitative estimate of drug-likeness (QED) is 0.596. The smallest absolute Gasteiger partial charge is 0.277 e. The molecule has 9 heteroatoms. The highest BCUT2D eigenvalue weighted by molar-refractivity contribution is 7.90. The number of ether oxygens (including phenoxy) is 1. The van der Waals surface area contributed by atoms with Crippen LogP contribution >= 0.6 is 0 Å². The number of methoxy groups -OCH3 is 1. The Morgan fingerprint density at radius 3 is 2.21 bits per heavy atom. The zero-order chi connectivity index (χ0) is 24.0. The molecule has 2 N–H and O–H groups in total. The van der Waals surface area contributed by atoms with Gasteiger partial charge < -0.3 is 15.4 Å². The molecular weight excluding hydrogens is 440 g/mol. The van der Waals surface area contributed by atoms with Gasteiger partial charge in [0.25, 0.3) is 5.91 Å². The molecule has 0 saturated carbocycles. The molecule has 1 amide bonds. The van der Waals surface area contributed by atoms with Crippen molar-refractivity contribution < 1.29 is 17.9 Å². The third-order valence-corrected chi connectivity index (χ3v) is 7.15. The van der Waals surface area contributed by atoms with Crippen molar-refractivity contribution in [3.8, 4) is 11.4 Å². The Bertz CT molecular complexity index is 1290. The Morgan fingerprint density at radius 1 is 1.06 bits per heavy atom. The highest BCUT2D eigenvalue weighted by Crippen LogP contribution is 2.32. The number of nitrogens with zero attached hydrogens (tertiary/aromatic N) is 3. The number of sulfone groups is 1. The summed E-state index contributed by atoms with van der Waals surface area (Å²) in [5, 5.41) is 4.30. The summed E-state index contributed by atoms with van der Waals surface area (Å²) < 4.78 is 31.5. The van der Waals surface area contributed by atoms with E-state index in [0.29, 0.717) is 36.5 Å². The fraction of sp³-hybridized carbons (Fsp3) is 0.333. The highest BCUT2D eigenvalue weighted by atomic mass is 32.2. The van der Waals surface area contributed by atoms with Crippen molar-refractivity contribution in [1.29, 1.82) is 0 Å². The second kappa shape index (κ2) is 8.31. The second-order valence-electron chi connectivity index (χ2n) is 8.86. The predicted molar refractivity (Wildman–Crippen MR) is 127 cm³/mol. The molecule has 1 aliphatic heterocycles. The molecule has 2 aromatic carbocycles. The third-order valence-electron chi connectivity index (χ3n) is 6.12. The summed E-state index contributed by atoms with van der Waals surface area (Å²) in [4.78, 5) is 15.3. The summed E-state index contributed by atoms with van der Waals surface area (Å²) in [5.41, 5.74) is 8.84. The van der Waals surface area contributed by atoms with Gasteiger partial charge in [-0.25, -0.2) is 13.1 Å². The maximum atomic E-state index is 13.6. The van der Waals surface area contributed by atoms with E-state index in [1.807, 2.05) is 24.3 Å². The van der Waals surface area contributed by atoms with Crippen LogP contribution in [-0.4, -0.2) is 50.6 Å². The Kier molecular flexibility index (Phi) is 5.79. The Hall–Kier alpha value is -3.17. The monoisotopic (exact) mass is 468 g/mol. The number of amides is 1. The van der Waals surface area contributed by atoms with Gasteiger partial charge in [0, 0.05) is 36.0 Å². The van der Waals surface area contributed by atoms with Gasteiger partial charge in [-0.3, -0.25) is 4.79 Å². The van der Waals surface area contributed by atoms with Crippen molar-refractivity contribution in [2.45, 2.75) is 30.7 Å². The molecule has 3 aromatic rings. The molecule has 174 valence electrons. The SMILES string of the molecule is COc1ccc(-n2nc(S(C)(=O)=O)c3c2C(=O)N(c2ccc(C(C)(C)CN)cc2)CC3)cc1. The van der Waals surface area contributed by atoms with Crippen LogP contribution in [0.1, 0.15) is 35.5 Å². The standard InChI is InChI=1S/C24H28N4O4S/c1-24(2,15-25)16-5-7-17(8-6-16)27-14-13-20-21(23(27)29)28(26-22(20)33(4,30)31)18-9-11-19(32-3)12-10-18/h5-12H,13-15,25H2,1-4H3. The molecule has 0 spiro atoms. The first-order chi connectivity index (χ1) is 15.6. The summed E-state index contributed by atoms with van der Waals surface area (Å²) in [6, 6.07) is 14.7. The van der Waals surface area contributed by atoms with E-state index >= 15 is 0 Å². The lowest BCUT2D eigenvalue weighted by molar-refractivity contribution is 0.0973. The summed E-state index contributed by atoms with van der Waals surface area (Å²) in [7, 11) is -2.05. The summed E-state index contributed by atoms with van der Waals surface area (Å²) in [6.45, 7) is 5.01. The van der Waals surface area contributed by atoms with Crippen molar-refractivity contribution in [3.63, 3.8) is 0 Å². The number of anilines is 1. The summed E-state index contributed by atoms with van der Waals surface area (Å²) in [6.07, 6.45) is 1.50. The molecule has 1 aliphatic rings. The van der Waals surface area contributed by atoms with Crippen LogP contribution in [0.15, 0.2) is 53.6 Å². The van der Waals surface area contributed by atoms with Crippen molar-refractivity contribution in [3.05, 3.63) is 65.4 Å². The van der Waals surface area contributed by atoms with Crippen molar-refractivity contribution in [2.24, 2.45) is 5.73 Å². The van der Waals surface area contributed by atoms with Gasteiger partial charge in [0.2, 0.25) is 0 Å². The summed E-state index contributed by atoms with van der Waals surface area (Å²) in [5.74, 6) is 0.358. The zero-order valence-corrected chi connectivity index (χ0v) is 20.0. The number of carbonyl (C=O) groups is 1. The van der Waals surface area contributed by atoms with Crippen molar-refractivity contribution >= 4 is 21.4 Å². The topological polar surface area (TPSA) is 108 Å². The molecule has 0 aliphatic carbocycles. The highest BCUT2D eigenvalue weighted by Gasteiger charge is 2.36. The van der Waals surface area contributed by atoms with Crippen LogP contribution in [0.2, 0.25) is 0 Å². The molecule has 0 saturated heterocycles. The van der Waals surface area contributed by atoms with E-state index in [4.69, 9.17) is 10.5 Å². The Labute approximate surface area is 193 Å². The summed E-state index contributed by atoms with van der Waals surface area (Å²) >= 11 is 0. The lowest BCUT2D eigenvalue weighted by Crippen LogP contribution is -2.39. The van der Waals surface area contributed by atoms with E-state index in [0.717, 1.165) is 17.5 Å². The van der Waals surface area contributed by atoms with Crippen molar-refractivity contribution in [2.75, 3.05) is 31.4 Å². The van der Waals surface area contributed by atoms with Gasteiger partial charge in [-0.2, -0.15) is 5.10 Å². The van der Waals surface area contributed by atoms with E-state index in [1.54, 1.807) is 36.3 Å². The molecule has 0 atom stereocenters. The number of benzene rings is 2. The Balaban J connectivity index is 1.79. The van der Waals surface area contributed by atoms with Crippen LogP contribution in [-0.2, 0) is 21.7 Å². The number of hydrogen-bond acceptors (Lipinski definition) is 6. The van der Waals surface area contributed by atoms with Gasteiger partial charge in [-0.05, 0) is 48.4 Å². The van der Waals surface area contributed by atoms with Crippen LogP contribution in [0.4, 0.5) is 5.69 Å². The van der Waals surface area contributed by atoms with Gasteiger partial charge in [0.05, 0.1) is 12.8 Å². The van der Waals surface area contributed by atoms with E-state index in [-0.39, 0.29) is 22.0 Å². The minimum Gasteiger partial charge on any atom is -0.497 e. The minimum atomic E-state index is -3.61. The van der Waals surface area contributed by atoms with Gasteiger partial charge >= 0.3 is 0 Å². The fourth-order valence-electron chi connectivity index (χ4n) is 3.99. The first-order valence-corrected chi connectivity index (χ1v) is 12.5. The van der Waals surface area contributed by atoms with Gasteiger partial charge in [0.15, 0.2) is 14.9 Å². The lowest BCUT2D eigenvalue weighted by atomic mass is 9.85. The zero-order valence-electron chi connectivity index (χ0n) is 19.2. The molecule has 0 unspecified atom stereocenters. The molecule has 2 heterocycles. The minimum absolute atomic E-state index is 0.0543. The number of rotatable bonds is 6. The molecule has 33 heavy (non-hydrogen) atoms. The molecule has 8 nitrogen and oxygen atoms in total. The van der Waals surface area contributed by atoms with Crippen LogP contribution < -0.4 is 15.4 Å². The maximum Gasteiger partial charge on any atom is 0.277 e. The predicted octanol–water partition coefficient (Wildman–Crippen LogP) is 2.72. The number of aromatic nitrogens is 2. The molecule has 0 fully saturated rings. The van der Waals surface area contributed by atoms with Gasteiger partial charge in [-0.15, -0.1) is 0 Å². The van der Waals surface area contributed by atoms with E-state index in [1.165, 1.54) is 4.68 Å². The third kappa shape index (κ3) is 4.14. The Morgan fingerprint density at radius 2 is 1.67 bits per heavy atom. The van der Waals surface area contributed by atoms with Crippen LogP contribution in [0.25, 0.3) is 5.69 Å². The maximum absolute atomic E-state index is 13.6. The van der Waals surface area contributed by atoms with Crippen molar-refractivity contribution in [1.82, 2.24) is 9.78 Å². The molecule has 4 rings (SSSR count). The molecule has 0 bridgehead atoms. The lowest BCUT2D eigenvalue weighted by Gasteiger charge is -2.29. The van der Waals surface area contributed by atoms with Crippen LogP contribution in [0, 0.1) is 0 Å². The first kappa shape index (κ1) is 23.0. The molecular formula is C24H28N4O4S. The number of fused-ring (bicyclic) bond motifs is 1. The average molecular weight is 469 g/mol. The molecule has 0 radical (unpaired) electrons. The largest absolute Gasteiger partial charge is 0.497 e.